The molecular weight excluding hydrogens is 394 g/mol. The van der Waals surface area contributed by atoms with Gasteiger partial charge in [0.2, 0.25) is 5.91 Å². The van der Waals surface area contributed by atoms with Gasteiger partial charge < -0.3 is 5.32 Å². The lowest BCUT2D eigenvalue weighted by molar-refractivity contribution is -0.120. The van der Waals surface area contributed by atoms with Gasteiger partial charge in [-0.25, -0.2) is 4.68 Å². The molecule has 1 atom stereocenters. The molecule has 3 rings (SSSR count). The molecule has 7 heteroatoms. The summed E-state index contributed by atoms with van der Waals surface area (Å²) < 4.78 is 3.26. The number of hydrogen-bond acceptors (Lipinski definition) is 5. The van der Waals surface area contributed by atoms with E-state index in [2.05, 4.69) is 22.5 Å². The molecule has 0 radical (unpaired) electrons. The number of rotatable bonds is 7. The van der Waals surface area contributed by atoms with Crippen LogP contribution >= 0.6 is 35.3 Å². The second kappa shape index (κ2) is 9.30. The van der Waals surface area contributed by atoms with Crippen molar-refractivity contribution in [2.75, 3.05) is 6.54 Å². The second-order valence-electron chi connectivity index (χ2n) is 6.12. The zero-order chi connectivity index (χ0) is 19.2. The van der Waals surface area contributed by atoms with Crippen molar-refractivity contribution in [3.05, 3.63) is 69.7 Å². The number of nitrogens with zero attached hydrogens (tertiary/aromatic N) is 2. The van der Waals surface area contributed by atoms with Gasteiger partial charge in [0, 0.05) is 6.54 Å². The van der Waals surface area contributed by atoms with Gasteiger partial charge in [0.1, 0.15) is 0 Å². The van der Waals surface area contributed by atoms with Crippen LogP contribution in [0.3, 0.4) is 0 Å². The summed E-state index contributed by atoms with van der Waals surface area (Å²) in [5.74, 6) is 0.0134. The minimum atomic E-state index is -0.230. The molecule has 2 aromatic carbocycles. The van der Waals surface area contributed by atoms with Crippen LogP contribution in [0.1, 0.15) is 18.1 Å². The maximum absolute atomic E-state index is 12.4. The number of amides is 1. The van der Waals surface area contributed by atoms with Gasteiger partial charge in [0.25, 0.3) is 0 Å². The Kier molecular flexibility index (Phi) is 6.82. The molecule has 0 saturated heterocycles. The Morgan fingerprint density at radius 2 is 1.93 bits per heavy atom. The predicted octanol–water partition coefficient (Wildman–Crippen LogP) is 4.81. The van der Waals surface area contributed by atoms with Gasteiger partial charge in [0.05, 0.1) is 10.9 Å². The lowest BCUT2D eigenvalue weighted by Crippen LogP contribution is -2.32. The van der Waals surface area contributed by atoms with Gasteiger partial charge >= 0.3 is 0 Å². The number of aromatic nitrogens is 2. The van der Waals surface area contributed by atoms with Crippen LogP contribution in [0.2, 0.25) is 0 Å². The molecule has 0 saturated carbocycles. The molecule has 1 N–H and O–H groups in total. The van der Waals surface area contributed by atoms with Crippen molar-refractivity contribution >= 4 is 41.2 Å². The average molecular weight is 416 g/mol. The first-order chi connectivity index (χ1) is 13.0. The van der Waals surface area contributed by atoms with E-state index in [9.17, 15) is 4.79 Å². The number of carbonyl (C=O) groups is 1. The van der Waals surface area contributed by atoms with Gasteiger partial charge in [-0.05, 0) is 49.7 Å². The van der Waals surface area contributed by atoms with Gasteiger partial charge in [-0.2, -0.15) is 0 Å². The molecule has 0 bridgehead atoms. The number of hydrogen-bond donors (Lipinski definition) is 1. The molecule has 4 nitrogen and oxygen atoms in total. The third-order valence-electron chi connectivity index (χ3n) is 4.08. The number of aryl methyl sites for hydroxylation is 1. The Balaban J connectivity index is 1.58. The van der Waals surface area contributed by atoms with E-state index in [0.29, 0.717) is 10.5 Å². The zero-order valence-corrected chi connectivity index (χ0v) is 17.7. The molecule has 0 fully saturated rings. The fourth-order valence-corrected chi connectivity index (χ4v) is 5.10. The lowest BCUT2D eigenvalue weighted by atomic mass is 10.1. The molecule has 3 aromatic rings. The molecule has 1 heterocycles. The average Bonchev–Trinajstić information content (AvgIpc) is 3.02. The highest BCUT2D eigenvalue weighted by atomic mass is 32.2. The number of benzene rings is 2. The molecule has 1 amide bonds. The number of para-hydroxylation sites is 1. The molecule has 140 valence electrons. The van der Waals surface area contributed by atoms with Crippen molar-refractivity contribution in [3.8, 4) is 5.69 Å². The fourth-order valence-electron chi connectivity index (χ4n) is 2.58. The van der Waals surface area contributed by atoms with Crippen LogP contribution in [-0.2, 0) is 11.2 Å². The summed E-state index contributed by atoms with van der Waals surface area (Å²) in [7, 11) is 0. The van der Waals surface area contributed by atoms with Crippen LogP contribution in [0.5, 0.6) is 0 Å². The standard InChI is InChI=1S/C20H21N3OS3/c1-14-8-6-7-11-17(14)23-20(25)27-19(22-23)26-15(2)18(24)21-13-12-16-9-4-3-5-10-16/h3-11,15H,12-13H2,1-2H3,(H,21,24)/t15-/m1/s1. The van der Waals surface area contributed by atoms with Crippen LogP contribution in [0.4, 0.5) is 0 Å². The summed E-state index contributed by atoms with van der Waals surface area (Å²) in [6.07, 6.45) is 0.824. The first kappa shape index (κ1) is 19.8. The molecular formula is C20H21N3OS3. The van der Waals surface area contributed by atoms with E-state index in [1.807, 2.05) is 56.3 Å². The largest absolute Gasteiger partial charge is 0.355 e. The molecule has 0 aliphatic carbocycles. The highest BCUT2D eigenvalue weighted by Gasteiger charge is 2.17. The maximum Gasteiger partial charge on any atom is 0.233 e. The molecule has 27 heavy (non-hydrogen) atoms. The predicted molar refractivity (Wildman–Crippen MR) is 115 cm³/mol. The Bertz CT molecular complexity index is 966. The van der Waals surface area contributed by atoms with E-state index in [4.69, 9.17) is 12.2 Å². The summed E-state index contributed by atoms with van der Waals surface area (Å²) >= 11 is 8.34. The topological polar surface area (TPSA) is 46.9 Å². The van der Waals surface area contributed by atoms with Crippen LogP contribution in [0, 0.1) is 10.9 Å². The van der Waals surface area contributed by atoms with Gasteiger partial charge in [-0.1, -0.05) is 71.6 Å². The summed E-state index contributed by atoms with van der Waals surface area (Å²) in [6.45, 7) is 4.55. The quantitative estimate of drug-likeness (QED) is 0.444. The van der Waals surface area contributed by atoms with E-state index in [-0.39, 0.29) is 11.2 Å². The lowest BCUT2D eigenvalue weighted by Gasteiger charge is -2.10. The minimum Gasteiger partial charge on any atom is -0.355 e. The van der Waals surface area contributed by atoms with Crippen molar-refractivity contribution in [3.63, 3.8) is 0 Å². The summed E-state index contributed by atoms with van der Waals surface area (Å²) in [6, 6.07) is 18.1. The van der Waals surface area contributed by atoms with Crippen molar-refractivity contribution in [2.24, 2.45) is 0 Å². The molecule has 0 unspecified atom stereocenters. The van der Waals surface area contributed by atoms with Gasteiger partial charge in [-0.3, -0.25) is 4.79 Å². The second-order valence-corrected chi connectivity index (χ2v) is 9.33. The van der Waals surface area contributed by atoms with Gasteiger partial charge in [-0.15, -0.1) is 5.10 Å². The van der Waals surface area contributed by atoms with Crippen molar-refractivity contribution in [1.29, 1.82) is 0 Å². The van der Waals surface area contributed by atoms with E-state index < -0.39 is 0 Å². The van der Waals surface area contributed by atoms with Crippen molar-refractivity contribution in [1.82, 2.24) is 15.1 Å². The summed E-state index contributed by atoms with van der Waals surface area (Å²) in [5.41, 5.74) is 3.31. The Labute approximate surface area is 172 Å². The highest BCUT2D eigenvalue weighted by Crippen LogP contribution is 2.28. The third-order valence-corrected chi connectivity index (χ3v) is 6.49. The number of carbonyl (C=O) groups excluding carboxylic acids is 1. The maximum atomic E-state index is 12.4. The van der Waals surface area contributed by atoms with E-state index in [0.717, 1.165) is 22.0 Å². The first-order valence-electron chi connectivity index (χ1n) is 8.69. The first-order valence-corrected chi connectivity index (χ1v) is 10.8. The SMILES string of the molecule is Cc1ccccc1-n1nc(S[C@H](C)C(=O)NCCc2ccccc2)sc1=S. The Hall–Kier alpha value is -1.96. The number of thioether (sulfide) groups is 1. The Morgan fingerprint density at radius 1 is 1.22 bits per heavy atom. The van der Waals surface area contributed by atoms with Crippen LogP contribution < -0.4 is 5.32 Å². The summed E-state index contributed by atoms with van der Waals surface area (Å²) in [4.78, 5) is 12.4. The normalized spacial score (nSPS) is 11.9. The number of nitrogens with one attached hydrogen (secondary N) is 1. The highest BCUT2D eigenvalue weighted by molar-refractivity contribution is 8.02. The minimum absolute atomic E-state index is 0.0134. The van der Waals surface area contributed by atoms with Crippen LogP contribution in [0.15, 0.2) is 58.9 Å². The van der Waals surface area contributed by atoms with E-state index >= 15 is 0 Å². The van der Waals surface area contributed by atoms with E-state index in [1.165, 1.54) is 28.7 Å². The summed E-state index contributed by atoms with van der Waals surface area (Å²) in [5, 5.41) is 7.37. The molecule has 0 aliphatic rings. The fraction of sp³-hybridized carbons (Fsp3) is 0.250. The van der Waals surface area contributed by atoms with Crippen LogP contribution in [-0.4, -0.2) is 27.5 Å². The molecule has 0 spiro atoms. The monoisotopic (exact) mass is 415 g/mol. The van der Waals surface area contributed by atoms with Crippen molar-refractivity contribution in [2.45, 2.75) is 29.9 Å². The molecule has 1 aromatic heterocycles. The Morgan fingerprint density at radius 3 is 2.67 bits per heavy atom. The zero-order valence-electron chi connectivity index (χ0n) is 15.2. The smallest absolute Gasteiger partial charge is 0.233 e. The third kappa shape index (κ3) is 5.28. The van der Waals surface area contributed by atoms with E-state index in [1.54, 1.807) is 4.68 Å². The molecule has 0 aliphatic heterocycles. The van der Waals surface area contributed by atoms with Crippen LogP contribution in [0.25, 0.3) is 5.69 Å². The van der Waals surface area contributed by atoms with Gasteiger partial charge in [0.15, 0.2) is 8.29 Å². The van der Waals surface area contributed by atoms with Crippen molar-refractivity contribution < 1.29 is 4.79 Å².